The number of halogens is 1. The van der Waals surface area contributed by atoms with Crippen LogP contribution >= 0.6 is 0 Å². The number of fused-ring (bicyclic) bond motifs is 3. The summed E-state index contributed by atoms with van der Waals surface area (Å²) in [7, 11) is -3.91. The molecular formula is C38H45FN6O8S. The van der Waals surface area contributed by atoms with Gasteiger partial charge in [-0.2, -0.15) is 0 Å². The summed E-state index contributed by atoms with van der Waals surface area (Å²) in [5.41, 5.74) is 0.506. The van der Waals surface area contributed by atoms with Gasteiger partial charge in [0.2, 0.25) is 27.7 Å². The maximum Gasteiger partial charge on any atom is 0.259 e. The number of sulfonamides is 1. The van der Waals surface area contributed by atoms with Gasteiger partial charge >= 0.3 is 0 Å². The molecule has 3 aromatic rings. The molecule has 2 saturated carbocycles. The fraction of sp³-hybridized carbons (Fsp3) is 0.553. The van der Waals surface area contributed by atoms with E-state index in [9.17, 15) is 32.0 Å². The second-order valence-electron chi connectivity index (χ2n) is 15.0. The van der Waals surface area contributed by atoms with Gasteiger partial charge in [0.15, 0.2) is 11.5 Å². The van der Waals surface area contributed by atoms with Gasteiger partial charge in [-0.3, -0.25) is 23.9 Å². The molecule has 2 N–H and O–H groups in total. The Balaban J connectivity index is 1.21. The Morgan fingerprint density at radius 2 is 1.91 bits per heavy atom. The number of Topliss-reactive ketones (excluding diaryl/α,β-unsaturated/α-hetero) is 1. The molecule has 5 atom stereocenters. The van der Waals surface area contributed by atoms with E-state index in [4.69, 9.17) is 9.26 Å². The van der Waals surface area contributed by atoms with Crippen LogP contribution in [0.4, 0.5) is 4.39 Å². The molecule has 0 spiro atoms. The van der Waals surface area contributed by atoms with Crippen molar-refractivity contribution in [1.82, 2.24) is 30.1 Å². The normalized spacial score (nSPS) is 26.9. The maximum absolute atomic E-state index is 14.6. The first-order chi connectivity index (χ1) is 25.8. The highest BCUT2D eigenvalue weighted by Gasteiger charge is 2.62. The van der Waals surface area contributed by atoms with Crippen LogP contribution in [0.1, 0.15) is 98.6 Å². The van der Waals surface area contributed by atoms with Gasteiger partial charge in [0, 0.05) is 36.3 Å². The van der Waals surface area contributed by atoms with Crippen molar-refractivity contribution in [3.63, 3.8) is 0 Å². The van der Waals surface area contributed by atoms with Gasteiger partial charge in [-0.1, -0.05) is 37.1 Å². The number of nitrogens with one attached hydrogen (secondary N) is 2. The molecule has 3 fully saturated rings. The Morgan fingerprint density at radius 3 is 2.63 bits per heavy atom. The molecule has 16 heteroatoms. The van der Waals surface area contributed by atoms with Crippen LogP contribution in [0.5, 0.6) is 5.88 Å². The third-order valence-corrected chi connectivity index (χ3v) is 12.9. The third kappa shape index (κ3) is 7.62. The molecule has 0 unspecified atom stereocenters. The van der Waals surface area contributed by atoms with Gasteiger partial charge in [0.25, 0.3) is 5.91 Å². The topological polar surface area (TPSA) is 191 Å². The van der Waals surface area contributed by atoms with Crippen LogP contribution in [0.2, 0.25) is 0 Å². The van der Waals surface area contributed by atoms with Gasteiger partial charge in [0.05, 0.1) is 22.8 Å². The number of amides is 3. The summed E-state index contributed by atoms with van der Waals surface area (Å²) < 4.78 is 53.6. The lowest BCUT2D eigenvalue weighted by Crippen LogP contribution is -2.57. The minimum absolute atomic E-state index is 0.00439. The Hall–Kier alpha value is -4.73. The number of nitrogens with zero attached hydrogens (tertiary/aromatic N) is 4. The number of hydrogen-bond donors (Lipinski definition) is 2. The largest absolute Gasteiger partial charge is 0.471 e. The number of hydrogen-bond acceptors (Lipinski definition) is 11. The standard InChI is InChI=1S/C38H45FN6O8S/c1-4-28-35(41-30-17-25(39)12-15-29(30)40-28)52-26-18-31-34(47)42-38(37(49)44-54(50,51)27-13-14-27)19-24(38)11-9-7-5-6-8-10-23(36(48)45(31)20-26)16-32(46)33-21(2)22(3)53-43-33/h9,11-12,15,17,23-24,26-27,31H,4-8,10,13-14,16,18-20H2,1-3H3,(H,42,47)(H,44,49)/b11-9-/t23-,24-,26-,31+,38-/m1/s1. The number of rotatable bonds is 9. The molecule has 0 radical (unpaired) electrons. The molecule has 2 aliphatic heterocycles. The zero-order chi connectivity index (χ0) is 38.4. The molecule has 1 aromatic carbocycles. The number of carbonyl (C=O) groups is 4. The number of allylic oxidation sites excluding steroid dienone is 1. The highest BCUT2D eigenvalue weighted by atomic mass is 32.2. The van der Waals surface area contributed by atoms with Gasteiger partial charge in [0.1, 0.15) is 35.0 Å². The predicted molar refractivity (Wildman–Crippen MR) is 193 cm³/mol. The number of aromatic nitrogens is 3. The molecule has 0 bridgehead atoms. The van der Waals surface area contributed by atoms with Gasteiger partial charge in [-0.15, -0.1) is 0 Å². The van der Waals surface area contributed by atoms with E-state index in [0.29, 0.717) is 61.1 Å². The van der Waals surface area contributed by atoms with Crippen molar-refractivity contribution in [2.75, 3.05) is 6.54 Å². The minimum atomic E-state index is -3.91. The molecule has 7 rings (SSSR count). The number of aryl methyl sites for hydroxylation is 2. The Labute approximate surface area is 312 Å². The molecule has 1 saturated heterocycles. The van der Waals surface area contributed by atoms with Crippen molar-refractivity contribution < 1.29 is 41.2 Å². The van der Waals surface area contributed by atoms with E-state index in [2.05, 4.69) is 25.2 Å². The monoisotopic (exact) mass is 764 g/mol. The molecular weight excluding hydrogens is 720 g/mol. The predicted octanol–water partition coefficient (Wildman–Crippen LogP) is 4.18. The minimum Gasteiger partial charge on any atom is -0.471 e. The number of ketones is 1. The lowest BCUT2D eigenvalue weighted by molar-refractivity contribution is -0.142. The first-order valence-corrected chi connectivity index (χ1v) is 20.3. The van der Waals surface area contributed by atoms with Crippen LogP contribution in [0.15, 0.2) is 34.9 Å². The van der Waals surface area contributed by atoms with Crippen LogP contribution < -0.4 is 14.8 Å². The zero-order valence-corrected chi connectivity index (χ0v) is 31.4. The van der Waals surface area contributed by atoms with E-state index >= 15 is 0 Å². The summed E-state index contributed by atoms with van der Waals surface area (Å²) in [4.78, 5) is 66.9. The summed E-state index contributed by atoms with van der Waals surface area (Å²) in [5.74, 6) is -3.31. The first kappa shape index (κ1) is 37.6. The number of ether oxygens (including phenoxy) is 1. The van der Waals surface area contributed by atoms with Crippen LogP contribution in [-0.4, -0.2) is 81.4 Å². The van der Waals surface area contributed by atoms with Crippen molar-refractivity contribution in [2.45, 2.75) is 114 Å². The Bertz CT molecular complexity index is 2130. The smallest absolute Gasteiger partial charge is 0.259 e. The Kier molecular flexibility index (Phi) is 10.3. The lowest BCUT2D eigenvalue weighted by Gasteiger charge is -2.29. The quantitative estimate of drug-likeness (QED) is 0.235. The molecule has 14 nitrogen and oxygen atoms in total. The fourth-order valence-electron chi connectivity index (χ4n) is 7.51. The van der Waals surface area contributed by atoms with E-state index < -0.39 is 68.3 Å². The van der Waals surface area contributed by atoms with Gasteiger partial charge in [-0.25, -0.2) is 22.8 Å². The van der Waals surface area contributed by atoms with Crippen molar-refractivity contribution in [3.05, 3.63) is 58.9 Å². The van der Waals surface area contributed by atoms with Crippen LogP contribution in [0, 0.1) is 31.5 Å². The van der Waals surface area contributed by atoms with Crippen LogP contribution in [0.3, 0.4) is 0 Å². The first-order valence-electron chi connectivity index (χ1n) is 18.7. The molecule has 2 aliphatic carbocycles. The molecule has 54 heavy (non-hydrogen) atoms. The summed E-state index contributed by atoms with van der Waals surface area (Å²) in [6, 6.07) is 2.94. The van der Waals surface area contributed by atoms with Crippen LogP contribution in [0.25, 0.3) is 11.0 Å². The fourth-order valence-corrected chi connectivity index (χ4v) is 8.87. The molecule has 2 aromatic heterocycles. The number of carbonyl (C=O) groups excluding carboxylic acids is 4. The average Bonchev–Trinajstić information content (AvgIpc) is 4.04. The van der Waals surface area contributed by atoms with Crippen LogP contribution in [-0.2, 0) is 30.8 Å². The lowest BCUT2D eigenvalue weighted by atomic mass is 9.92. The van der Waals surface area contributed by atoms with E-state index in [-0.39, 0.29) is 48.7 Å². The van der Waals surface area contributed by atoms with Gasteiger partial charge < -0.3 is 19.5 Å². The third-order valence-electron chi connectivity index (χ3n) is 11.1. The average molecular weight is 765 g/mol. The molecule has 288 valence electrons. The van der Waals surface area contributed by atoms with Gasteiger partial charge in [-0.05, 0) is 70.9 Å². The number of benzene rings is 1. The highest BCUT2D eigenvalue weighted by molar-refractivity contribution is 7.91. The van der Waals surface area contributed by atoms with Crippen molar-refractivity contribution in [2.24, 2.45) is 11.8 Å². The summed E-state index contributed by atoms with van der Waals surface area (Å²) in [6.07, 6.45) is 7.72. The zero-order valence-electron chi connectivity index (χ0n) is 30.6. The molecule has 3 amide bonds. The van der Waals surface area contributed by atoms with E-state index in [1.807, 2.05) is 19.1 Å². The SMILES string of the molecule is CCc1nc2ccc(F)cc2nc1O[C@@H]1C[C@H]2C(=O)N[C@]3(C(=O)NS(=O)(=O)C4CC4)C[C@H]3/C=C\CCCCC[C@H](CC(=O)c3noc(C)c3C)C(=O)N2C1. The summed E-state index contributed by atoms with van der Waals surface area (Å²) >= 11 is 0. The van der Waals surface area contributed by atoms with Crippen molar-refractivity contribution in [1.29, 1.82) is 0 Å². The van der Waals surface area contributed by atoms with Crippen molar-refractivity contribution in [3.8, 4) is 5.88 Å². The molecule has 4 heterocycles. The van der Waals surface area contributed by atoms with E-state index in [1.165, 1.54) is 23.1 Å². The Morgan fingerprint density at radius 1 is 1.11 bits per heavy atom. The highest BCUT2D eigenvalue weighted by Crippen LogP contribution is 2.46. The van der Waals surface area contributed by atoms with E-state index in [1.54, 1.807) is 13.8 Å². The second kappa shape index (κ2) is 14.8. The van der Waals surface area contributed by atoms with Crippen molar-refractivity contribution >= 4 is 44.6 Å². The summed E-state index contributed by atoms with van der Waals surface area (Å²) in [6.45, 7) is 5.26. The maximum atomic E-state index is 14.6. The second-order valence-corrected chi connectivity index (χ2v) is 17.0. The summed E-state index contributed by atoms with van der Waals surface area (Å²) in [5, 5.41) is 6.16. The molecule has 4 aliphatic rings. The van der Waals surface area contributed by atoms with E-state index in [0.717, 1.165) is 12.8 Å².